The molecular formula is C39H22ClF9N4O5. The molecule has 0 spiro atoms. The molecule has 58 heavy (non-hydrogen) atoms. The minimum absolute atomic E-state index is 0.0117. The summed E-state index contributed by atoms with van der Waals surface area (Å²) in [7, 11) is 1.39. The number of H-pyrrole nitrogens is 1. The number of carbonyl (C=O) groups excluding carboxylic acids is 3. The van der Waals surface area contributed by atoms with Crippen LogP contribution in [-0.4, -0.2) is 45.0 Å². The Hall–Kier alpha value is -6.40. The van der Waals surface area contributed by atoms with Crippen molar-refractivity contribution in [3.63, 3.8) is 0 Å². The molecule has 1 aliphatic heterocycles. The molecule has 0 radical (unpaired) electrons. The fourth-order valence-corrected chi connectivity index (χ4v) is 7.10. The Balaban J connectivity index is 1.51. The van der Waals surface area contributed by atoms with E-state index in [2.05, 4.69) is 10.2 Å². The van der Waals surface area contributed by atoms with Gasteiger partial charge in [0.05, 0.1) is 41.1 Å². The summed E-state index contributed by atoms with van der Waals surface area (Å²) in [5.74, 6) is -8.46. The van der Waals surface area contributed by atoms with Crippen LogP contribution in [0.4, 0.5) is 39.5 Å². The predicted octanol–water partition coefficient (Wildman–Crippen LogP) is 8.77. The lowest BCUT2D eigenvalue weighted by Gasteiger charge is -2.36. The highest BCUT2D eigenvalue weighted by Gasteiger charge is 2.54. The summed E-state index contributed by atoms with van der Waals surface area (Å²) < 4.78 is 135. The van der Waals surface area contributed by atoms with Crippen LogP contribution in [0, 0.1) is 17.5 Å². The summed E-state index contributed by atoms with van der Waals surface area (Å²) >= 11 is 6.53. The maximum Gasteiger partial charge on any atom is 0.417 e. The van der Waals surface area contributed by atoms with Crippen LogP contribution in [0.5, 0.6) is 5.75 Å². The first kappa shape index (κ1) is 39.8. The van der Waals surface area contributed by atoms with E-state index in [0.29, 0.717) is 17.4 Å². The van der Waals surface area contributed by atoms with Crippen molar-refractivity contribution < 1.29 is 63.7 Å². The number of benzene rings is 5. The third kappa shape index (κ3) is 6.87. The second-order valence-corrected chi connectivity index (χ2v) is 13.3. The van der Waals surface area contributed by atoms with Gasteiger partial charge >= 0.3 is 12.4 Å². The SMILES string of the molecule is COc1ccc(CN2C(=O)c3c(c(-c4c(C(=O)NC(=O)c5cc(F)cc(C(F)(F)F)c5)cc(F)cc4C(F)(F)F)cc4cn[nH]c34)C2(O)c2cc(F)ccc2Cl)cc1. The Morgan fingerprint density at radius 3 is 2.21 bits per heavy atom. The van der Waals surface area contributed by atoms with Crippen LogP contribution in [0.25, 0.3) is 22.0 Å². The number of nitrogens with one attached hydrogen (secondary N) is 2. The molecule has 0 saturated heterocycles. The molecule has 298 valence electrons. The van der Waals surface area contributed by atoms with Crippen molar-refractivity contribution in [2.75, 3.05) is 7.11 Å². The number of hydrogen-bond acceptors (Lipinski definition) is 6. The number of aliphatic hydroxyl groups is 1. The Bertz CT molecular complexity index is 2680. The predicted molar refractivity (Wildman–Crippen MR) is 187 cm³/mol. The lowest BCUT2D eigenvalue weighted by molar-refractivity contribution is -0.138. The summed E-state index contributed by atoms with van der Waals surface area (Å²) in [5, 5.41) is 20.5. The number of aromatic nitrogens is 2. The summed E-state index contributed by atoms with van der Waals surface area (Å²) in [4.78, 5) is 42.4. The highest BCUT2D eigenvalue weighted by atomic mass is 35.5. The number of alkyl halides is 6. The van der Waals surface area contributed by atoms with Gasteiger partial charge in [-0.25, -0.2) is 13.2 Å². The molecule has 6 aromatic rings. The molecule has 0 aliphatic carbocycles. The summed E-state index contributed by atoms with van der Waals surface area (Å²) in [5.41, 5.74) is -12.5. The number of halogens is 10. The third-order valence-electron chi connectivity index (χ3n) is 9.38. The average molecular weight is 833 g/mol. The first-order valence-corrected chi connectivity index (χ1v) is 16.9. The van der Waals surface area contributed by atoms with Gasteiger partial charge in [0.1, 0.15) is 23.2 Å². The van der Waals surface area contributed by atoms with E-state index in [-0.39, 0.29) is 40.2 Å². The largest absolute Gasteiger partial charge is 0.497 e. The molecular weight excluding hydrogens is 811 g/mol. The van der Waals surface area contributed by atoms with Crippen molar-refractivity contribution >= 4 is 40.2 Å². The molecule has 7 rings (SSSR count). The second kappa shape index (κ2) is 14.2. The summed E-state index contributed by atoms with van der Waals surface area (Å²) in [6.07, 6.45) is -9.61. The third-order valence-corrected chi connectivity index (χ3v) is 9.71. The molecule has 0 fully saturated rings. The first-order valence-electron chi connectivity index (χ1n) is 16.5. The number of hydrogen-bond donors (Lipinski definition) is 3. The van der Waals surface area contributed by atoms with E-state index >= 15 is 22.0 Å². The van der Waals surface area contributed by atoms with Crippen LogP contribution in [0.2, 0.25) is 5.02 Å². The van der Waals surface area contributed by atoms with Crippen LogP contribution >= 0.6 is 11.6 Å². The molecule has 1 aromatic heterocycles. The van der Waals surface area contributed by atoms with Gasteiger partial charge in [-0.3, -0.25) is 29.7 Å². The molecule has 1 atom stereocenters. The lowest BCUT2D eigenvalue weighted by Crippen LogP contribution is -2.44. The molecule has 2 heterocycles. The molecule has 19 heteroatoms. The van der Waals surface area contributed by atoms with E-state index in [1.165, 1.54) is 31.4 Å². The van der Waals surface area contributed by atoms with Crippen molar-refractivity contribution in [1.82, 2.24) is 20.4 Å². The van der Waals surface area contributed by atoms with Gasteiger partial charge in [-0.05, 0) is 77.9 Å². The Morgan fingerprint density at radius 2 is 1.55 bits per heavy atom. The Morgan fingerprint density at radius 1 is 0.862 bits per heavy atom. The number of nitrogens with zero attached hydrogens (tertiary/aromatic N) is 2. The smallest absolute Gasteiger partial charge is 0.417 e. The van der Waals surface area contributed by atoms with E-state index in [0.717, 1.165) is 35.4 Å². The number of carbonyl (C=O) groups is 3. The minimum Gasteiger partial charge on any atom is -0.497 e. The maximum absolute atomic E-state index is 15.2. The highest BCUT2D eigenvalue weighted by Crippen LogP contribution is 2.53. The fourth-order valence-electron chi connectivity index (χ4n) is 6.85. The highest BCUT2D eigenvalue weighted by molar-refractivity contribution is 6.31. The van der Waals surface area contributed by atoms with E-state index in [4.69, 9.17) is 16.3 Å². The zero-order chi connectivity index (χ0) is 42.1. The van der Waals surface area contributed by atoms with Crippen molar-refractivity contribution in [3.8, 4) is 16.9 Å². The normalized spacial score (nSPS) is 15.5. The fraction of sp³-hybridized carbons (Fsp3) is 0.128. The number of rotatable bonds is 7. The van der Waals surface area contributed by atoms with Crippen molar-refractivity contribution in [1.29, 1.82) is 0 Å². The summed E-state index contributed by atoms with van der Waals surface area (Å²) in [6.45, 7) is -0.513. The lowest BCUT2D eigenvalue weighted by atomic mass is 9.82. The number of methoxy groups -OCH3 is 1. The summed E-state index contributed by atoms with van der Waals surface area (Å²) in [6, 6.07) is 10.4. The number of fused-ring (bicyclic) bond motifs is 3. The zero-order valence-electron chi connectivity index (χ0n) is 29.0. The molecule has 3 amide bonds. The van der Waals surface area contributed by atoms with Gasteiger partial charge in [0.25, 0.3) is 17.7 Å². The maximum atomic E-state index is 15.2. The number of aromatic amines is 1. The minimum atomic E-state index is -5.53. The van der Waals surface area contributed by atoms with Crippen LogP contribution in [0.15, 0.2) is 85.1 Å². The zero-order valence-corrected chi connectivity index (χ0v) is 29.8. The number of imide groups is 1. The van der Waals surface area contributed by atoms with Crippen molar-refractivity contribution in [3.05, 3.63) is 152 Å². The quantitative estimate of drug-likeness (QED) is 0.109. The molecule has 3 N–H and O–H groups in total. The first-order chi connectivity index (χ1) is 27.2. The van der Waals surface area contributed by atoms with E-state index < -0.39 is 110 Å². The van der Waals surface area contributed by atoms with Crippen LogP contribution in [0.1, 0.15) is 58.9 Å². The van der Waals surface area contributed by atoms with Gasteiger partial charge in [0.2, 0.25) is 0 Å². The van der Waals surface area contributed by atoms with Gasteiger partial charge in [0.15, 0.2) is 5.72 Å². The second-order valence-electron chi connectivity index (χ2n) is 12.9. The van der Waals surface area contributed by atoms with Gasteiger partial charge in [-0.2, -0.15) is 31.4 Å². The van der Waals surface area contributed by atoms with Crippen LogP contribution in [-0.2, 0) is 24.6 Å². The van der Waals surface area contributed by atoms with Gasteiger partial charge in [0, 0.05) is 39.2 Å². The standard InChI is InChI=1S/C39H22ClF9N4O5/c1-58-24-5-2-17(3-6-24)16-53-36(56)31-32(37(53,57)27-13-21(41)4-7-29(27)40)25(10-19-15-50-52-33(19)31)30-26(12-23(43)14-28(30)39(47,48)49)35(55)51-34(54)18-8-20(38(44,45)46)11-22(42)9-18/h2-15,57H,16H2,1H3,(H,50,52)(H,51,54,55). The van der Waals surface area contributed by atoms with E-state index in [9.17, 15) is 37.1 Å². The Kier molecular flexibility index (Phi) is 9.76. The van der Waals surface area contributed by atoms with E-state index in [1.54, 1.807) is 5.32 Å². The topological polar surface area (TPSA) is 125 Å². The monoisotopic (exact) mass is 832 g/mol. The molecule has 9 nitrogen and oxygen atoms in total. The molecule has 1 aliphatic rings. The van der Waals surface area contributed by atoms with E-state index in [1.807, 2.05) is 0 Å². The Labute approximate surface area is 324 Å². The number of amides is 3. The van der Waals surface area contributed by atoms with Crippen molar-refractivity contribution in [2.45, 2.75) is 24.6 Å². The average Bonchev–Trinajstić information content (AvgIpc) is 3.72. The van der Waals surface area contributed by atoms with Gasteiger partial charge in [-0.1, -0.05) is 23.7 Å². The van der Waals surface area contributed by atoms with Crippen LogP contribution < -0.4 is 10.1 Å². The number of ether oxygens (including phenoxy) is 1. The van der Waals surface area contributed by atoms with Crippen LogP contribution in [0.3, 0.4) is 0 Å². The molecule has 5 aromatic carbocycles. The van der Waals surface area contributed by atoms with Gasteiger partial charge in [-0.15, -0.1) is 0 Å². The molecule has 0 bridgehead atoms. The van der Waals surface area contributed by atoms with Gasteiger partial charge < -0.3 is 9.84 Å². The van der Waals surface area contributed by atoms with Crippen molar-refractivity contribution in [2.24, 2.45) is 0 Å². The molecule has 1 unspecified atom stereocenters. The molecule has 0 saturated carbocycles.